The quantitative estimate of drug-likeness (QED) is 0.749. The van der Waals surface area contributed by atoms with Gasteiger partial charge >= 0.3 is 0 Å². The van der Waals surface area contributed by atoms with Crippen LogP contribution in [0.1, 0.15) is 5.56 Å². The van der Waals surface area contributed by atoms with Crippen LogP contribution in [0.4, 0.5) is 0 Å². The SMILES string of the molecule is CNCCNC(=O)C1COc2ccccc2C1. The lowest BCUT2D eigenvalue weighted by Gasteiger charge is -2.24. The Morgan fingerprint density at radius 3 is 3.06 bits per heavy atom. The van der Waals surface area contributed by atoms with Crippen LogP contribution in [0.2, 0.25) is 0 Å². The number of nitrogens with one attached hydrogen (secondary N) is 2. The molecule has 4 nitrogen and oxygen atoms in total. The van der Waals surface area contributed by atoms with E-state index in [2.05, 4.69) is 10.6 Å². The Hall–Kier alpha value is -1.55. The minimum absolute atomic E-state index is 0.0678. The standard InChI is InChI=1S/C13H18N2O2/c1-14-6-7-15-13(16)11-8-10-4-2-3-5-12(10)17-9-11/h2-5,11,14H,6-9H2,1H3,(H,15,16). The van der Waals surface area contributed by atoms with Crippen molar-refractivity contribution in [2.24, 2.45) is 5.92 Å². The van der Waals surface area contributed by atoms with Gasteiger partial charge in [-0.05, 0) is 25.1 Å². The highest BCUT2D eigenvalue weighted by molar-refractivity contribution is 5.79. The van der Waals surface area contributed by atoms with E-state index >= 15 is 0 Å². The number of fused-ring (bicyclic) bond motifs is 1. The average Bonchev–Trinajstić information content (AvgIpc) is 2.38. The van der Waals surface area contributed by atoms with Gasteiger partial charge in [-0.1, -0.05) is 18.2 Å². The molecule has 1 aliphatic rings. The molecule has 1 heterocycles. The Bertz CT molecular complexity index is 393. The van der Waals surface area contributed by atoms with Gasteiger partial charge in [-0.25, -0.2) is 0 Å². The summed E-state index contributed by atoms with van der Waals surface area (Å²) in [5.41, 5.74) is 1.12. The topological polar surface area (TPSA) is 50.4 Å². The molecule has 0 saturated heterocycles. The van der Waals surface area contributed by atoms with Crippen LogP contribution >= 0.6 is 0 Å². The molecule has 0 aliphatic carbocycles. The molecule has 17 heavy (non-hydrogen) atoms. The van der Waals surface area contributed by atoms with E-state index in [0.29, 0.717) is 13.2 Å². The number of benzene rings is 1. The summed E-state index contributed by atoms with van der Waals surface area (Å²) in [5, 5.41) is 5.90. The third-order valence-corrected chi connectivity index (χ3v) is 2.92. The van der Waals surface area contributed by atoms with E-state index in [1.165, 1.54) is 0 Å². The minimum atomic E-state index is -0.0678. The molecular formula is C13H18N2O2. The smallest absolute Gasteiger partial charge is 0.226 e. The third-order valence-electron chi connectivity index (χ3n) is 2.92. The number of para-hydroxylation sites is 1. The minimum Gasteiger partial charge on any atom is -0.492 e. The first-order valence-electron chi connectivity index (χ1n) is 5.94. The normalized spacial score (nSPS) is 18.1. The van der Waals surface area contributed by atoms with Crippen molar-refractivity contribution in [3.8, 4) is 5.75 Å². The van der Waals surface area contributed by atoms with Crippen molar-refractivity contribution >= 4 is 5.91 Å². The summed E-state index contributed by atoms with van der Waals surface area (Å²) in [7, 11) is 1.87. The molecule has 0 aromatic heterocycles. The molecule has 0 saturated carbocycles. The number of ether oxygens (including phenoxy) is 1. The first-order valence-corrected chi connectivity index (χ1v) is 5.94. The van der Waals surface area contributed by atoms with Crippen LogP contribution in [0.15, 0.2) is 24.3 Å². The zero-order valence-corrected chi connectivity index (χ0v) is 10.0. The van der Waals surface area contributed by atoms with Crippen LogP contribution < -0.4 is 15.4 Å². The fraction of sp³-hybridized carbons (Fsp3) is 0.462. The van der Waals surface area contributed by atoms with E-state index in [0.717, 1.165) is 24.3 Å². The van der Waals surface area contributed by atoms with Gasteiger partial charge in [0.1, 0.15) is 12.4 Å². The molecule has 1 amide bonds. The van der Waals surface area contributed by atoms with E-state index in [9.17, 15) is 4.79 Å². The largest absolute Gasteiger partial charge is 0.492 e. The second kappa shape index (κ2) is 5.68. The number of likely N-dealkylation sites (N-methyl/N-ethyl adjacent to an activating group) is 1. The predicted molar refractivity (Wildman–Crippen MR) is 66.1 cm³/mol. The summed E-state index contributed by atoms with van der Waals surface area (Å²) >= 11 is 0. The Morgan fingerprint density at radius 2 is 2.24 bits per heavy atom. The molecule has 1 atom stereocenters. The zero-order valence-electron chi connectivity index (χ0n) is 10.0. The van der Waals surface area contributed by atoms with Crippen molar-refractivity contribution in [1.29, 1.82) is 0 Å². The van der Waals surface area contributed by atoms with Crippen LogP contribution in [0.5, 0.6) is 5.75 Å². The highest BCUT2D eigenvalue weighted by Crippen LogP contribution is 2.26. The van der Waals surface area contributed by atoms with Crippen LogP contribution in [0.25, 0.3) is 0 Å². The van der Waals surface area contributed by atoms with Gasteiger partial charge < -0.3 is 15.4 Å². The fourth-order valence-electron chi connectivity index (χ4n) is 1.95. The molecule has 1 aromatic rings. The van der Waals surface area contributed by atoms with Crippen molar-refractivity contribution in [3.63, 3.8) is 0 Å². The van der Waals surface area contributed by atoms with Crippen molar-refractivity contribution in [1.82, 2.24) is 10.6 Å². The highest BCUT2D eigenvalue weighted by Gasteiger charge is 2.25. The lowest BCUT2D eigenvalue weighted by Crippen LogP contribution is -2.39. The molecule has 1 unspecified atom stereocenters. The van der Waals surface area contributed by atoms with E-state index < -0.39 is 0 Å². The van der Waals surface area contributed by atoms with Crippen LogP contribution in [0, 0.1) is 5.92 Å². The molecule has 1 aliphatic heterocycles. The first kappa shape index (κ1) is 11.9. The molecule has 0 bridgehead atoms. The summed E-state index contributed by atoms with van der Waals surface area (Å²) in [4.78, 5) is 11.9. The molecule has 4 heteroatoms. The monoisotopic (exact) mass is 234 g/mol. The Labute approximate surface area is 101 Å². The molecule has 0 fully saturated rings. The van der Waals surface area contributed by atoms with Crippen molar-refractivity contribution in [3.05, 3.63) is 29.8 Å². The third kappa shape index (κ3) is 2.97. The van der Waals surface area contributed by atoms with E-state index in [-0.39, 0.29) is 11.8 Å². The van der Waals surface area contributed by atoms with Crippen LogP contribution in [-0.2, 0) is 11.2 Å². The maximum atomic E-state index is 11.9. The average molecular weight is 234 g/mol. The fourth-order valence-corrected chi connectivity index (χ4v) is 1.95. The lowest BCUT2D eigenvalue weighted by molar-refractivity contribution is -0.126. The summed E-state index contributed by atoms with van der Waals surface area (Å²) in [6.45, 7) is 1.92. The molecule has 1 aromatic carbocycles. The van der Waals surface area contributed by atoms with E-state index in [4.69, 9.17) is 4.74 Å². The van der Waals surface area contributed by atoms with Gasteiger partial charge in [0.2, 0.25) is 5.91 Å². The molecular weight excluding hydrogens is 216 g/mol. The number of hydrogen-bond donors (Lipinski definition) is 2. The Balaban J connectivity index is 1.91. The molecule has 0 spiro atoms. The van der Waals surface area contributed by atoms with E-state index in [1.807, 2.05) is 31.3 Å². The predicted octanol–water partition coefficient (Wildman–Crippen LogP) is 0.573. The van der Waals surface area contributed by atoms with Gasteiger partial charge in [0.05, 0.1) is 5.92 Å². The second-order valence-corrected chi connectivity index (χ2v) is 4.21. The lowest BCUT2D eigenvalue weighted by atomic mass is 9.96. The maximum Gasteiger partial charge on any atom is 0.226 e. The summed E-state index contributed by atoms with van der Waals surface area (Å²) in [6, 6.07) is 7.89. The molecule has 2 N–H and O–H groups in total. The van der Waals surface area contributed by atoms with Crippen LogP contribution in [-0.4, -0.2) is 32.7 Å². The van der Waals surface area contributed by atoms with Gasteiger partial charge in [0.25, 0.3) is 0 Å². The zero-order chi connectivity index (χ0) is 12.1. The summed E-state index contributed by atoms with van der Waals surface area (Å²) < 4.78 is 5.59. The Morgan fingerprint density at radius 1 is 1.41 bits per heavy atom. The molecule has 0 radical (unpaired) electrons. The van der Waals surface area contributed by atoms with E-state index in [1.54, 1.807) is 0 Å². The summed E-state index contributed by atoms with van der Waals surface area (Å²) in [6.07, 6.45) is 0.765. The number of carbonyl (C=O) groups is 1. The highest BCUT2D eigenvalue weighted by atomic mass is 16.5. The van der Waals surface area contributed by atoms with Gasteiger partial charge in [-0.3, -0.25) is 4.79 Å². The maximum absolute atomic E-state index is 11.9. The van der Waals surface area contributed by atoms with Gasteiger partial charge in [-0.2, -0.15) is 0 Å². The second-order valence-electron chi connectivity index (χ2n) is 4.21. The van der Waals surface area contributed by atoms with Crippen molar-refractivity contribution < 1.29 is 9.53 Å². The molecule has 2 rings (SSSR count). The molecule has 92 valence electrons. The number of hydrogen-bond acceptors (Lipinski definition) is 3. The van der Waals surface area contributed by atoms with Crippen molar-refractivity contribution in [2.45, 2.75) is 6.42 Å². The van der Waals surface area contributed by atoms with Gasteiger partial charge in [0, 0.05) is 13.1 Å². The first-order chi connectivity index (χ1) is 8.31. The summed E-state index contributed by atoms with van der Waals surface area (Å²) in [5.74, 6) is 0.920. The van der Waals surface area contributed by atoms with Gasteiger partial charge in [-0.15, -0.1) is 0 Å². The number of rotatable bonds is 4. The number of amides is 1. The Kier molecular flexibility index (Phi) is 3.98. The van der Waals surface area contributed by atoms with Gasteiger partial charge in [0.15, 0.2) is 0 Å². The number of carbonyl (C=O) groups excluding carboxylic acids is 1. The van der Waals surface area contributed by atoms with Crippen molar-refractivity contribution in [2.75, 3.05) is 26.7 Å². The van der Waals surface area contributed by atoms with Crippen LogP contribution in [0.3, 0.4) is 0 Å².